The topological polar surface area (TPSA) is 99.7 Å². The second-order valence-electron chi connectivity index (χ2n) is 5.94. The van der Waals surface area contributed by atoms with Crippen molar-refractivity contribution >= 4 is 21.7 Å². The van der Waals surface area contributed by atoms with Crippen LogP contribution in [0, 0.1) is 0 Å². The van der Waals surface area contributed by atoms with Crippen LogP contribution in [0.5, 0.6) is 0 Å². The molecule has 0 heterocycles. The maximum Gasteiger partial charge on any atom is 0.251 e. The fraction of sp³-hybridized carbons (Fsp3) is 0.529. The molecule has 140 valence electrons. The van der Waals surface area contributed by atoms with Crippen molar-refractivity contribution in [2.75, 3.05) is 25.6 Å². The average Bonchev–Trinajstić information content (AvgIpc) is 2.57. The molecule has 1 unspecified atom stereocenters. The van der Waals surface area contributed by atoms with Crippen molar-refractivity contribution in [2.45, 2.75) is 32.9 Å². The van der Waals surface area contributed by atoms with E-state index in [0.29, 0.717) is 31.0 Å². The molecule has 7 nitrogen and oxygen atoms in total. The quantitative estimate of drug-likeness (QED) is 0.468. The van der Waals surface area contributed by atoms with Crippen molar-refractivity contribution in [3.63, 3.8) is 0 Å². The highest BCUT2D eigenvalue weighted by molar-refractivity contribution is 7.90. The highest BCUT2D eigenvalue weighted by Crippen LogP contribution is 2.07. The number of hydrogen-bond acceptors (Lipinski definition) is 4. The summed E-state index contributed by atoms with van der Waals surface area (Å²) in [4.78, 5) is 16.2. The molecule has 1 aromatic carbocycles. The zero-order valence-electron chi connectivity index (χ0n) is 15.3. The summed E-state index contributed by atoms with van der Waals surface area (Å²) in [5, 5.41) is 8.94. The van der Waals surface area contributed by atoms with Crippen LogP contribution in [0.1, 0.15) is 36.2 Å². The first-order valence-corrected chi connectivity index (χ1v) is 10.3. The highest BCUT2D eigenvalue weighted by Gasteiger charge is 2.09. The van der Waals surface area contributed by atoms with E-state index in [-0.39, 0.29) is 17.7 Å². The van der Waals surface area contributed by atoms with Gasteiger partial charge in [0.25, 0.3) is 5.91 Å². The molecule has 25 heavy (non-hydrogen) atoms. The van der Waals surface area contributed by atoms with Gasteiger partial charge in [-0.05, 0) is 38.0 Å². The molecule has 0 radical (unpaired) electrons. The van der Waals surface area contributed by atoms with Gasteiger partial charge in [-0.1, -0.05) is 12.1 Å². The molecule has 8 heteroatoms. The van der Waals surface area contributed by atoms with E-state index >= 15 is 0 Å². The van der Waals surface area contributed by atoms with Crippen LogP contribution in [0.2, 0.25) is 0 Å². The van der Waals surface area contributed by atoms with Gasteiger partial charge in [0.2, 0.25) is 0 Å². The van der Waals surface area contributed by atoms with Gasteiger partial charge in [-0.2, -0.15) is 0 Å². The van der Waals surface area contributed by atoms with Gasteiger partial charge >= 0.3 is 0 Å². The van der Waals surface area contributed by atoms with E-state index in [1.165, 1.54) is 6.26 Å². The second-order valence-corrected chi connectivity index (χ2v) is 8.20. The van der Waals surface area contributed by atoms with Crippen LogP contribution in [0.4, 0.5) is 0 Å². The van der Waals surface area contributed by atoms with E-state index < -0.39 is 9.84 Å². The van der Waals surface area contributed by atoms with Crippen LogP contribution in [0.3, 0.4) is 0 Å². The van der Waals surface area contributed by atoms with Crippen LogP contribution >= 0.6 is 0 Å². The summed E-state index contributed by atoms with van der Waals surface area (Å²) < 4.78 is 22.5. The fourth-order valence-electron chi connectivity index (χ4n) is 2.14. The molecule has 0 saturated heterocycles. The van der Waals surface area contributed by atoms with Crippen LogP contribution in [-0.4, -0.2) is 51.9 Å². The van der Waals surface area contributed by atoms with E-state index in [1.54, 1.807) is 19.2 Å². The number of hydrogen-bond donors (Lipinski definition) is 3. The van der Waals surface area contributed by atoms with Gasteiger partial charge in [0.15, 0.2) is 5.96 Å². The first-order chi connectivity index (χ1) is 11.7. The zero-order valence-corrected chi connectivity index (χ0v) is 16.1. The molecular weight excluding hydrogens is 340 g/mol. The average molecular weight is 369 g/mol. The summed E-state index contributed by atoms with van der Waals surface area (Å²) in [5.41, 5.74) is 1.51. The minimum Gasteiger partial charge on any atom is -0.357 e. The Bertz CT molecular complexity index is 702. The van der Waals surface area contributed by atoms with Crippen LogP contribution in [0.15, 0.2) is 29.3 Å². The number of benzene rings is 1. The molecule has 0 saturated carbocycles. The molecule has 0 aliphatic heterocycles. The molecule has 3 N–H and O–H groups in total. The lowest BCUT2D eigenvalue weighted by Crippen LogP contribution is -2.42. The van der Waals surface area contributed by atoms with Crippen molar-refractivity contribution in [1.82, 2.24) is 16.0 Å². The lowest BCUT2D eigenvalue weighted by atomic mass is 10.1. The van der Waals surface area contributed by atoms with Gasteiger partial charge < -0.3 is 16.0 Å². The number of nitrogens with one attached hydrogen (secondary N) is 3. The summed E-state index contributed by atoms with van der Waals surface area (Å²) in [6, 6.07) is 7.27. The van der Waals surface area contributed by atoms with E-state index in [2.05, 4.69) is 20.9 Å². The summed E-state index contributed by atoms with van der Waals surface area (Å²) in [5.74, 6) is 0.619. The van der Waals surface area contributed by atoms with Crippen LogP contribution in [-0.2, 0) is 16.4 Å². The van der Waals surface area contributed by atoms with Crippen molar-refractivity contribution in [1.29, 1.82) is 0 Å². The third kappa shape index (κ3) is 8.53. The molecule has 1 atom stereocenters. The summed E-state index contributed by atoms with van der Waals surface area (Å²) in [7, 11) is -1.38. The van der Waals surface area contributed by atoms with Crippen LogP contribution in [0.25, 0.3) is 0 Å². The van der Waals surface area contributed by atoms with E-state index in [0.717, 1.165) is 5.56 Å². The Morgan fingerprint density at radius 3 is 2.64 bits per heavy atom. The van der Waals surface area contributed by atoms with Crippen molar-refractivity contribution in [3.8, 4) is 0 Å². The number of amides is 1. The van der Waals surface area contributed by atoms with Gasteiger partial charge in [-0.3, -0.25) is 4.79 Å². The maximum atomic E-state index is 11.7. The Morgan fingerprint density at radius 1 is 1.32 bits per heavy atom. The Hall–Kier alpha value is -2.09. The van der Waals surface area contributed by atoms with Crippen LogP contribution < -0.4 is 16.0 Å². The number of rotatable bonds is 8. The number of carbonyl (C=O) groups is 1. The Labute approximate surface area is 150 Å². The Kier molecular flexibility index (Phi) is 8.40. The van der Waals surface area contributed by atoms with Gasteiger partial charge in [-0.15, -0.1) is 0 Å². The fourth-order valence-corrected chi connectivity index (χ4v) is 2.92. The highest BCUT2D eigenvalue weighted by atomic mass is 32.2. The van der Waals surface area contributed by atoms with Crippen molar-refractivity contribution < 1.29 is 13.2 Å². The SMILES string of the molecule is CCNC(=NCc1cccc(C(=O)NC)c1)NC(C)CCS(C)(=O)=O. The normalized spacial score (nSPS) is 13.2. The van der Waals surface area contributed by atoms with Crippen molar-refractivity contribution in [3.05, 3.63) is 35.4 Å². The molecule has 1 aromatic rings. The van der Waals surface area contributed by atoms with E-state index in [9.17, 15) is 13.2 Å². The first-order valence-electron chi connectivity index (χ1n) is 8.28. The zero-order chi connectivity index (χ0) is 18.9. The standard InChI is InChI=1S/C17H28N4O3S/c1-5-19-17(21-13(2)9-10-25(4,23)24)20-12-14-7-6-8-15(11-14)16(22)18-3/h6-8,11,13H,5,9-10,12H2,1-4H3,(H,18,22)(H2,19,20,21). The molecule has 0 bridgehead atoms. The van der Waals surface area contributed by atoms with E-state index in [4.69, 9.17) is 0 Å². The predicted octanol–water partition coefficient (Wildman–Crippen LogP) is 0.925. The number of nitrogens with zero attached hydrogens (tertiary/aromatic N) is 1. The molecule has 1 rings (SSSR count). The summed E-state index contributed by atoms with van der Waals surface area (Å²) in [6.07, 6.45) is 1.74. The number of aliphatic imine (C=N–C) groups is 1. The largest absolute Gasteiger partial charge is 0.357 e. The molecule has 1 amide bonds. The number of carbonyl (C=O) groups excluding carboxylic acids is 1. The molecular formula is C17H28N4O3S. The van der Waals surface area contributed by atoms with Gasteiger partial charge in [0.1, 0.15) is 9.84 Å². The van der Waals surface area contributed by atoms with Gasteiger partial charge in [0.05, 0.1) is 12.3 Å². The minimum atomic E-state index is -2.98. The molecule has 0 aliphatic carbocycles. The third-order valence-electron chi connectivity index (χ3n) is 3.48. The maximum absolute atomic E-state index is 11.7. The van der Waals surface area contributed by atoms with Gasteiger partial charge in [0, 0.05) is 31.5 Å². The molecule has 0 fully saturated rings. The second kappa shape index (κ2) is 10.0. The Balaban J connectivity index is 2.73. The minimum absolute atomic E-state index is 0.0234. The lowest BCUT2D eigenvalue weighted by Gasteiger charge is -2.17. The number of guanidine groups is 1. The van der Waals surface area contributed by atoms with Crippen molar-refractivity contribution in [2.24, 2.45) is 4.99 Å². The smallest absolute Gasteiger partial charge is 0.251 e. The lowest BCUT2D eigenvalue weighted by molar-refractivity contribution is 0.0963. The number of sulfone groups is 1. The summed E-state index contributed by atoms with van der Waals surface area (Å²) in [6.45, 7) is 5.00. The summed E-state index contributed by atoms with van der Waals surface area (Å²) >= 11 is 0. The molecule has 0 spiro atoms. The Morgan fingerprint density at radius 2 is 2.04 bits per heavy atom. The monoisotopic (exact) mass is 368 g/mol. The van der Waals surface area contributed by atoms with Gasteiger partial charge in [-0.25, -0.2) is 13.4 Å². The third-order valence-corrected chi connectivity index (χ3v) is 4.46. The predicted molar refractivity (Wildman–Crippen MR) is 102 cm³/mol. The van der Waals surface area contributed by atoms with E-state index in [1.807, 2.05) is 26.0 Å². The molecule has 0 aromatic heterocycles. The first kappa shape index (κ1) is 21.0. The molecule has 0 aliphatic rings.